The Morgan fingerprint density at radius 1 is 1.17 bits per heavy atom. The molecule has 2 heterocycles. The van der Waals surface area contributed by atoms with Gasteiger partial charge in [0.2, 0.25) is 5.91 Å². The van der Waals surface area contributed by atoms with Gasteiger partial charge in [-0.3, -0.25) is 9.59 Å². The lowest BCUT2D eigenvalue weighted by molar-refractivity contribution is -0.141. The standard InChI is InChI=1S/C18H19NO4/c20-17(19-11-10-14(12-19)18(21)22)9-7-15-6-8-16(23-15)13-4-2-1-3-5-13/h1-6,8,14H,7,9-12H2,(H,21,22)/t14-/m0/s1. The quantitative estimate of drug-likeness (QED) is 0.921. The van der Waals surface area contributed by atoms with Gasteiger partial charge in [-0.2, -0.15) is 0 Å². The van der Waals surface area contributed by atoms with Gasteiger partial charge in [-0.25, -0.2) is 0 Å². The molecular weight excluding hydrogens is 294 g/mol. The van der Waals surface area contributed by atoms with Gasteiger partial charge in [0.15, 0.2) is 0 Å². The summed E-state index contributed by atoms with van der Waals surface area (Å²) in [6, 6.07) is 13.6. The van der Waals surface area contributed by atoms with Crippen LogP contribution in [0.5, 0.6) is 0 Å². The van der Waals surface area contributed by atoms with Crippen LogP contribution in [0.3, 0.4) is 0 Å². The lowest BCUT2D eigenvalue weighted by Crippen LogP contribution is -2.30. The number of rotatable bonds is 5. The molecular formula is C18H19NO4. The number of hydrogen-bond donors (Lipinski definition) is 1. The maximum Gasteiger partial charge on any atom is 0.308 e. The first-order valence-corrected chi connectivity index (χ1v) is 7.78. The lowest BCUT2D eigenvalue weighted by Gasteiger charge is -2.15. The molecule has 1 aliphatic rings. The molecule has 5 heteroatoms. The zero-order valence-electron chi connectivity index (χ0n) is 12.8. The van der Waals surface area contributed by atoms with Crippen LogP contribution in [0.25, 0.3) is 11.3 Å². The Hall–Kier alpha value is -2.56. The molecule has 1 aromatic carbocycles. The minimum Gasteiger partial charge on any atom is -0.481 e. The molecule has 1 atom stereocenters. The Labute approximate surface area is 134 Å². The van der Waals surface area contributed by atoms with Gasteiger partial charge in [-0.15, -0.1) is 0 Å². The van der Waals surface area contributed by atoms with E-state index in [1.54, 1.807) is 4.90 Å². The molecule has 120 valence electrons. The molecule has 23 heavy (non-hydrogen) atoms. The van der Waals surface area contributed by atoms with E-state index >= 15 is 0 Å². The number of hydrogen-bond acceptors (Lipinski definition) is 3. The molecule has 2 aromatic rings. The average Bonchev–Trinajstić information content (AvgIpc) is 3.23. The molecule has 0 radical (unpaired) electrons. The van der Waals surface area contributed by atoms with Crippen molar-refractivity contribution in [2.45, 2.75) is 19.3 Å². The number of carboxylic acid groups (broad SMARTS) is 1. The second-order valence-electron chi connectivity index (χ2n) is 5.80. The third-order valence-electron chi connectivity index (χ3n) is 4.20. The summed E-state index contributed by atoms with van der Waals surface area (Å²) in [6.07, 6.45) is 1.41. The molecule has 1 aliphatic heterocycles. The first-order valence-electron chi connectivity index (χ1n) is 7.78. The number of nitrogens with zero attached hydrogens (tertiary/aromatic N) is 1. The van der Waals surface area contributed by atoms with Gasteiger partial charge in [0.05, 0.1) is 5.92 Å². The van der Waals surface area contributed by atoms with E-state index in [1.807, 2.05) is 42.5 Å². The minimum absolute atomic E-state index is 0.00795. The summed E-state index contributed by atoms with van der Waals surface area (Å²) in [5.74, 6) is 0.309. The van der Waals surface area contributed by atoms with Gasteiger partial charge in [-0.05, 0) is 18.6 Å². The van der Waals surface area contributed by atoms with Crippen molar-refractivity contribution in [3.63, 3.8) is 0 Å². The number of carboxylic acids is 1. The Kier molecular flexibility index (Phi) is 4.46. The second-order valence-corrected chi connectivity index (χ2v) is 5.80. The van der Waals surface area contributed by atoms with Crippen molar-refractivity contribution >= 4 is 11.9 Å². The molecule has 0 unspecified atom stereocenters. The highest BCUT2D eigenvalue weighted by molar-refractivity contribution is 5.78. The molecule has 3 rings (SSSR count). The van der Waals surface area contributed by atoms with Crippen LogP contribution in [-0.4, -0.2) is 35.0 Å². The summed E-state index contributed by atoms with van der Waals surface area (Å²) < 4.78 is 5.78. The maximum atomic E-state index is 12.2. The van der Waals surface area contributed by atoms with Crippen molar-refractivity contribution in [3.8, 4) is 11.3 Å². The van der Waals surface area contributed by atoms with Crippen LogP contribution >= 0.6 is 0 Å². The normalized spacial score (nSPS) is 17.4. The van der Waals surface area contributed by atoms with Crippen molar-refractivity contribution < 1.29 is 19.1 Å². The third-order valence-corrected chi connectivity index (χ3v) is 4.20. The van der Waals surface area contributed by atoms with Crippen LogP contribution in [-0.2, 0) is 16.0 Å². The van der Waals surface area contributed by atoms with Crippen LogP contribution in [0.15, 0.2) is 46.9 Å². The lowest BCUT2D eigenvalue weighted by atomic mass is 10.1. The Morgan fingerprint density at radius 3 is 2.65 bits per heavy atom. The van der Waals surface area contributed by atoms with E-state index in [9.17, 15) is 9.59 Å². The number of carbonyl (C=O) groups is 2. The van der Waals surface area contributed by atoms with Gasteiger partial charge in [0, 0.05) is 31.5 Å². The Balaban J connectivity index is 1.54. The third kappa shape index (κ3) is 3.62. The maximum absolute atomic E-state index is 12.2. The minimum atomic E-state index is -0.821. The molecule has 1 aromatic heterocycles. The van der Waals surface area contributed by atoms with Gasteiger partial charge in [0.25, 0.3) is 0 Å². The predicted molar refractivity (Wildman–Crippen MR) is 84.8 cm³/mol. The van der Waals surface area contributed by atoms with E-state index < -0.39 is 11.9 Å². The topological polar surface area (TPSA) is 70.8 Å². The van der Waals surface area contributed by atoms with E-state index in [0.717, 1.165) is 17.1 Å². The van der Waals surface area contributed by atoms with Crippen LogP contribution < -0.4 is 0 Å². The summed E-state index contributed by atoms with van der Waals surface area (Å²) in [6.45, 7) is 0.852. The van der Waals surface area contributed by atoms with Gasteiger partial charge < -0.3 is 14.4 Å². The van der Waals surface area contributed by atoms with Crippen LogP contribution in [0.4, 0.5) is 0 Å². The smallest absolute Gasteiger partial charge is 0.308 e. The molecule has 1 saturated heterocycles. The number of aliphatic carboxylic acids is 1. The molecule has 0 spiro atoms. The van der Waals surface area contributed by atoms with Crippen molar-refractivity contribution in [2.24, 2.45) is 5.92 Å². The van der Waals surface area contributed by atoms with Crippen LogP contribution in [0, 0.1) is 5.92 Å². The molecule has 5 nitrogen and oxygen atoms in total. The largest absolute Gasteiger partial charge is 0.481 e. The number of carbonyl (C=O) groups excluding carboxylic acids is 1. The Bertz CT molecular complexity index is 692. The van der Waals surface area contributed by atoms with E-state index in [1.165, 1.54) is 0 Å². The molecule has 1 amide bonds. The number of benzene rings is 1. The van der Waals surface area contributed by atoms with Crippen LogP contribution in [0.2, 0.25) is 0 Å². The van der Waals surface area contributed by atoms with Crippen molar-refractivity contribution in [2.75, 3.05) is 13.1 Å². The van der Waals surface area contributed by atoms with Gasteiger partial charge in [-0.1, -0.05) is 30.3 Å². The van der Waals surface area contributed by atoms with E-state index in [0.29, 0.717) is 32.4 Å². The highest BCUT2D eigenvalue weighted by Gasteiger charge is 2.30. The zero-order chi connectivity index (χ0) is 16.2. The fourth-order valence-corrected chi connectivity index (χ4v) is 2.85. The number of aryl methyl sites for hydroxylation is 1. The van der Waals surface area contributed by atoms with E-state index in [-0.39, 0.29) is 5.91 Å². The first kappa shape index (κ1) is 15.3. The first-order chi connectivity index (χ1) is 11.1. The SMILES string of the molecule is O=C(O)[C@H]1CCN(C(=O)CCc2ccc(-c3ccccc3)o2)C1. The highest BCUT2D eigenvalue weighted by atomic mass is 16.4. The van der Waals surface area contributed by atoms with Gasteiger partial charge in [0.1, 0.15) is 11.5 Å². The number of likely N-dealkylation sites (tertiary alicyclic amines) is 1. The van der Waals surface area contributed by atoms with Crippen molar-refractivity contribution in [3.05, 3.63) is 48.2 Å². The number of amides is 1. The summed E-state index contributed by atoms with van der Waals surface area (Å²) in [5, 5.41) is 8.98. The fraction of sp³-hybridized carbons (Fsp3) is 0.333. The predicted octanol–water partition coefficient (Wildman–Crippen LogP) is 2.81. The summed E-state index contributed by atoms with van der Waals surface area (Å²) in [7, 11) is 0. The van der Waals surface area contributed by atoms with E-state index in [4.69, 9.17) is 9.52 Å². The van der Waals surface area contributed by atoms with E-state index in [2.05, 4.69) is 0 Å². The summed E-state index contributed by atoms with van der Waals surface area (Å²) in [5.41, 5.74) is 1.01. The monoisotopic (exact) mass is 313 g/mol. The summed E-state index contributed by atoms with van der Waals surface area (Å²) >= 11 is 0. The highest BCUT2D eigenvalue weighted by Crippen LogP contribution is 2.23. The van der Waals surface area contributed by atoms with Crippen LogP contribution in [0.1, 0.15) is 18.6 Å². The molecule has 0 bridgehead atoms. The molecule has 0 saturated carbocycles. The molecule has 1 N–H and O–H groups in total. The zero-order valence-corrected chi connectivity index (χ0v) is 12.8. The molecule has 1 fully saturated rings. The van der Waals surface area contributed by atoms with Crippen molar-refractivity contribution in [1.29, 1.82) is 0 Å². The Morgan fingerprint density at radius 2 is 1.96 bits per heavy atom. The number of furan rings is 1. The molecule has 0 aliphatic carbocycles. The van der Waals surface area contributed by atoms with Gasteiger partial charge >= 0.3 is 5.97 Å². The fourth-order valence-electron chi connectivity index (χ4n) is 2.85. The second kappa shape index (κ2) is 6.69. The van der Waals surface area contributed by atoms with Crippen molar-refractivity contribution in [1.82, 2.24) is 4.90 Å². The average molecular weight is 313 g/mol. The summed E-state index contributed by atoms with van der Waals surface area (Å²) in [4.78, 5) is 24.7.